The number of rotatable bonds is 5. The van der Waals surface area contributed by atoms with Crippen molar-refractivity contribution in [2.75, 3.05) is 6.54 Å². The Labute approximate surface area is 136 Å². The van der Waals surface area contributed by atoms with Gasteiger partial charge in [-0.15, -0.1) is 0 Å². The standard InChI is InChI=1S/C18H24N2O3/c1-12(15-11-13-7-5-6-8-14(13)23-15)20-16(21)9-10-19-17(22)18(2,3)4/h5-8,11-12H,9-10H2,1-4H3,(H,19,22)(H,20,21). The van der Waals surface area contributed by atoms with Crippen molar-refractivity contribution >= 4 is 22.8 Å². The van der Waals surface area contributed by atoms with Crippen LogP contribution in [0.15, 0.2) is 34.7 Å². The molecule has 1 aromatic carbocycles. The molecule has 0 bridgehead atoms. The van der Waals surface area contributed by atoms with Crippen LogP contribution in [0.3, 0.4) is 0 Å². The molecule has 0 spiro atoms. The van der Waals surface area contributed by atoms with Crippen molar-refractivity contribution in [1.29, 1.82) is 0 Å². The molecule has 0 aliphatic carbocycles. The van der Waals surface area contributed by atoms with E-state index in [9.17, 15) is 9.59 Å². The molecular formula is C18H24N2O3. The number of carbonyl (C=O) groups excluding carboxylic acids is 2. The van der Waals surface area contributed by atoms with E-state index in [0.717, 1.165) is 16.7 Å². The minimum Gasteiger partial charge on any atom is -0.459 e. The van der Waals surface area contributed by atoms with E-state index in [1.807, 2.05) is 58.0 Å². The first kappa shape index (κ1) is 17.1. The van der Waals surface area contributed by atoms with Crippen LogP contribution in [0.25, 0.3) is 11.0 Å². The quantitative estimate of drug-likeness (QED) is 0.890. The van der Waals surface area contributed by atoms with Crippen LogP contribution in [0.5, 0.6) is 0 Å². The molecule has 1 aromatic heterocycles. The van der Waals surface area contributed by atoms with Crippen molar-refractivity contribution in [3.8, 4) is 0 Å². The number of para-hydroxylation sites is 1. The van der Waals surface area contributed by atoms with Crippen molar-refractivity contribution in [1.82, 2.24) is 10.6 Å². The fourth-order valence-corrected chi connectivity index (χ4v) is 2.16. The minimum atomic E-state index is -0.446. The van der Waals surface area contributed by atoms with E-state index in [4.69, 9.17) is 4.42 Å². The van der Waals surface area contributed by atoms with Crippen molar-refractivity contribution in [3.05, 3.63) is 36.1 Å². The molecule has 1 heterocycles. The Morgan fingerprint density at radius 3 is 2.57 bits per heavy atom. The first-order valence-corrected chi connectivity index (χ1v) is 7.83. The van der Waals surface area contributed by atoms with Gasteiger partial charge in [-0.2, -0.15) is 0 Å². The Morgan fingerprint density at radius 1 is 1.22 bits per heavy atom. The second-order valence-electron chi connectivity index (χ2n) is 6.73. The smallest absolute Gasteiger partial charge is 0.225 e. The van der Waals surface area contributed by atoms with Gasteiger partial charge in [-0.1, -0.05) is 39.0 Å². The molecule has 5 nitrogen and oxygen atoms in total. The molecule has 2 aromatic rings. The molecule has 0 saturated heterocycles. The molecule has 0 aliphatic rings. The summed E-state index contributed by atoms with van der Waals surface area (Å²) in [5.74, 6) is 0.543. The van der Waals surface area contributed by atoms with E-state index in [1.165, 1.54) is 0 Å². The molecule has 124 valence electrons. The van der Waals surface area contributed by atoms with Gasteiger partial charge >= 0.3 is 0 Å². The van der Waals surface area contributed by atoms with Gasteiger partial charge in [-0.3, -0.25) is 9.59 Å². The lowest BCUT2D eigenvalue weighted by Crippen LogP contribution is -2.37. The van der Waals surface area contributed by atoms with E-state index in [1.54, 1.807) is 0 Å². The van der Waals surface area contributed by atoms with Crippen LogP contribution >= 0.6 is 0 Å². The zero-order valence-electron chi connectivity index (χ0n) is 14.1. The highest BCUT2D eigenvalue weighted by Crippen LogP contribution is 2.23. The second kappa shape index (κ2) is 6.86. The molecule has 2 rings (SSSR count). The topological polar surface area (TPSA) is 71.3 Å². The summed E-state index contributed by atoms with van der Waals surface area (Å²) in [5, 5.41) is 6.67. The summed E-state index contributed by atoms with van der Waals surface area (Å²) in [6.07, 6.45) is 0.242. The zero-order valence-corrected chi connectivity index (χ0v) is 14.1. The first-order chi connectivity index (χ1) is 10.8. The lowest BCUT2D eigenvalue weighted by molar-refractivity contribution is -0.128. The van der Waals surface area contributed by atoms with Crippen LogP contribution in [-0.2, 0) is 9.59 Å². The van der Waals surface area contributed by atoms with Crippen molar-refractivity contribution in [2.24, 2.45) is 5.41 Å². The molecule has 1 atom stereocenters. The van der Waals surface area contributed by atoms with Gasteiger partial charge in [0.05, 0.1) is 6.04 Å². The monoisotopic (exact) mass is 316 g/mol. The number of carbonyl (C=O) groups is 2. The number of furan rings is 1. The number of benzene rings is 1. The SMILES string of the molecule is CC(NC(=O)CCNC(=O)C(C)(C)C)c1cc2ccccc2o1. The van der Waals surface area contributed by atoms with Gasteiger partial charge in [0.1, 0.15) is 11.3 Å². The van der Waals surface area contributed by atoms with Gasteiger partial charge in [0.2, 0.25) is 11.8 Å². The third-order valence-corrected chi connectivity index (χ3v) is 3.57. The van der Waals surface area contributed by atoms with E-state index >= 15 is 0 Å². The summed E-state index contributed by atoms with van der Waals surface area (Å²) in [7, 11) is 0. The highest BCUT2D eigenvalue weighted by atomic mass is 16.3. The van der Waals surface area contributed by atoms with E-state index in [0.29, 0.717) is 6.54 Å². The normalized spacial score (nSPS) is 12.9. The predicted molar refractivity (Wildman–Crippen MR) is 89.9 cm³/mol. The molecule has 0 radical (unpaired) electrons. The number of hydrogen-bond donors (Lipinski definition) is 2. The minimum absolute atomic E-state index is 0.0596. The Hall–Kier alpha value is -2.30. The zero-order chi connectivity index (χ0) is 17.0. The third kappa shape index (κ3) is 4.58. The van der Waals surface area contributed by atoms with E-state index in [2.05, 4.69) is 10.6 Å². The number of amides is 2. The van der Waals surface area contributed by atoms with Gasteiger partial charge < -0.3 is 15.1 Å². The maximum absolute atomic E-state index is 12.0. The Balaban J connectivity index is 1.84. The van der Waals surface area contributed by atoms with Crippen LogP contribution < -0.4 is 10.6 Å². The second-order valence-corrected chi connectivity index (χ2v) is 6.73. The van der Waals surface area contributed by atoms with Gasteiger partial charge in [0.15, 0.2) is 0 Å². The summed E-state index contributed by atoms with van der Waals surface area (Å²) in [4.78, 5) is 23.7. The third-order valence-electron chi connectivity index (χ3n) is 3.57. The van der Waals surface area contributed by atoms with Crippen LogP contribution in [-0.4, -0.2) is 18.4 Å². The maximum Gasteiger partial charge on any atom is 0.225 e. The van der Waals surface area contributed by atoms with Gasteiger partial charge in [-0.25, -0.2) is 0 Å². The Kier molecular flexibility index (Phi) is 5.08. The van der Waals surface area contributed by atoms with E-state index < -0.39 is 5.41 Å². The Morgan fingerprint density at radius 2 is 1.91 bits per heavy atom. The maximum atomic E-state index is 12.0. The lowest BCUT2D eigenvalue weighted by atomic mass is 9.96. The first-order valence-electron chi connectivity index (χ1n) is 7.83. The molecule has 23 heavy (non-hydrogen) atoms. The fraction of sp³-hybridized carbons (Fsp3) is 0.444. The highest BCUT2D eigenvalue weighted by Gasteiger charge is 2.21. The molecule has 1 unspecified atom stereocenters. The van der Waals surface area contributed by atoms with Crippen LogP contribution in [0.4, 0.5) is 0 Å². The predicted octanol–water partition coefficient (Wildman–Crippen LogP) is 3.16. The molecule has 0 aliphatic heterocycles. The van der Waals surface area contributed by atoms with Crippen molar-refractivity contribution in [2.45, 2.75) is 40.2 Å². The van der Waals surface area contributed by atoms with Crippen molar-refractivity contribution in [3.63, 3.8) is 0 Å². The summed E-state index contributed by atoms with van der Waals surface area (Å²) in [5.41, 5.74) is 0.360. The largest absolute Gasteiger partial charge is 0.459 e. The highest BCUT2D eigenvalue weighted by molar-refractivity contribution is 5.82. The molecule has 2 amide bonds. The fourth-order valence-electron chi connectivity index (χ4n) is 2.16. The summed E-state index contributed by atoms with van der Waals surface area (Å²) >= 11 is 0. The average Bonchev–Trinajstić information content (AvgIpc) is 2.90. The average molecular weight is 316 g/mol. The molecular weight excluding hydrogens is 292 g/mol. The van der Waals surface area contributed by atoms with Crippen LogP contribution in [0.2, 0.25) is 0 Å². The van der Waals surface area contributed by atoms with E-state index in [-0.39, 0.29) is 24.3 Å². The van der Waals surface area contributed by atoms with Gasteiger partial charge in [0, 0.05) is 23.8 Å². The van der Waals surface area contributed by atoms with Crippen LogP contribution in [0, 0.1) is 5.41 Å². The lowest BCUT2D eigenvalue weighted by Gasteiger charge is -2.17. The van der Waals surface area contributed by atoms with Crippen molar-refractivity contribution < 1.29 is 14.0 Å². The van der Waals surface area contributed by atoms with Gasteiger partial charge in [0.25, 0.3) is 0 Å². The summed E-state index contributed by atoms with van der Waals surface area (Å²) in [6, 6.07) is 9.45. The molecule has 5 heteroatoms. The number of hydrogen-bond acceptors (Lipinski definition) is 3. The van der Waals surface area contributed by atoms with Crippen LogP contribution in [0.1, 0.15) is 45.9 Å². The molecule has 2 N–H and O–H groups in total. The molecule has 0 saturated carbocycles. The summed E-state index contributed by atoms with van der Waals surface area (Å²) < 4.78 is 5.73. The summed E-state index contributed by atoms with van der Waals surface area (Å²) in [6.45, 7) is 7.72. The molecule has 0 fully saturated rings. The number of fused-ring (bicyclic) bond motifs is 1. The van der Waals surface area contributed by atoms with Gasteiger partial charge in [-0.05, 0) is 19.1 Å². The number of nitrogens with one attached hydrogen (secondary N) is 2. The Bertz CT molecular complexity index is 665.